The van der Waals surface area contributed by atoms with E-state index in [1.807, 2.05) is 13.8 Å². The van der Waals surface area contributed by atoms with E-state index >= 15 is 0 Å². The van der Waals surface area contributed by atoms with Crippen molar-refractivity contribution in [1.82, 2.24) is 0 Å². The number of rotatable bonds is 4. The Labute approximate surface area is 91.2 Å². The van der Waals surface area contributed by atoms with Crippen LogP contribution in [0.25, 0.3) is 0 Å². The molecular formula is C11H21NO3. The van der Waals surface area contributed by atoms with Gasteiger partial charge in [0, 0.05) is 12.5 Å². The minimum Gasteiger partial charge on any atom is -0.454 e. The summed E-state index contributed by atoms with van der Waals surface area (Å²) in [7, 11) is 0. The molecule has 1 unspecified atom stereocenters. The van der Waals surface area contributed by atoms with Crippen molar-refractivity contribution in [1.29, 1.82) is 0 Å². The average Bonchev–Trinajstić information content (AvgIpc) is 2.00. The maximum Gasteiger partial charge on any atom is 0.375 e. The lowest BCUT2D eigenvalue weighted by Crippen LogP contribution is -2.35. The summed E-state index contributed by atoms with van der Waals surface area (Å²) in [4.78, 5) is 22.7. The number of ketones is 1. The fourth-order valence-corrected chi connectivity index (χ4v) is 0.868. The molecule has 0 aliphatic carbocycles. The molecule has 0 spiro atoms. The second kappa shape index (κ2) is 5.26. The summed E-state index contributed by atoms with van der Waals surface area (Å²) < 4.78 is 4.94. The van der Waals surface area contributed by atoms with Gasteiger partial charge in [-0.2, -0.15) is 0 Å². The summed E-state index contributed by atoms with van der Waals surface area (Å²) in [6.45, 7) is 8.99. The molecule has 0 aromatic carbocycles. The first-order valence-corrected chi connectivity index (χ1v) is 5.15. The quantitative estimate of drug-likeness (QED) is 0.566. The maximum atomic E-state index is 11.4. The summed E-state index contributed by atoms with van der Waals surface area (Å²) in [5.74, 6) is -1.17. The Hall–Kier alpha value is -0.900. The van der Waals surface area contributed by atoms with E-state index in [-0.39, 0.29) is 18.4 Å². The molecule has 0 bridgehead atoms. The first-order chi connectivity index (χ1) is 6.63. The van der Waals surface area contributed by atoms with Gasteiger partial charge in [-0.05, 0) is 26.7 Å². The molecule has 0 aliphatic rings. The molecule has 0 radical (unpaired) electrons. The van der Waals surface area contributed by atoms with E-state index in [4.69, 9.17) is 10.5 Å². The largest absolute Gasteiger partial charge is 0.454 e. The maximum absolute atomic E-state index is 11.4. The molecule has 0 aromatic heterocycles. The normalized spacial score (nSPS) is 13.8. The van der Waals surface area contributed by atoms with Crippen LogP contribution in [0.15, 0.2) is 0 Å². The standard InChI is InChI=1S/C11H21NO3/c1-7(2)8(12)6-9(13)10(14)15-11(3,4)5/h7-8H,6,12H2,1-5H3. The van der Waals surface area contributed by atoms with Gasteiger partial charge in [0.15, 0.2) is 0 Å². The third-order valence-corrected chi connectivity index (χ3v) is 1.90. The number of hydrogen-bond donors (Lipinski definition) is 1. The summed E-state index contributed by atoms with van der Waals surface area (Å²) in [5, 5.41) is 0. The van der Waals surface area contributed by atoms with Gasteiger partial charge in [-0.25, -0.2) is 4.79 Å². The molecule has 0 saturated carbocycles. The van der Waals surface area contributed by atoms with E-state index in [9.17, 15) is 9.59 Å². The molecule has 1 atom stereocenters. The van der Waals surface area contributed by atoms with E-state index in [0.29, 0.717) is 0 Å². The van der Waals surface area contributed by atoms with Gasteiger partial charge < -0.3 is 10.5 Å². The van der Waals surface area contributed by atoms with Crippen molar-refractivity contribution < 1.29 is 14.3 Å². The van der Waals surface area contributed by atoms with Crippen molar-refractivity contribution in [3.8, 4) is 0 Å². The van der Waals surface area contributed by atoms with Crippen molar-refractivity contribution in [2.75, 3.05) is 0 Å². The van der Waals surface area contributed by atoms with Crippen molar-refractivity contribution in [3.63, 3.8) is 0 Å². The van der Waals surface area contributed by atoms with Crippen LogP contribution in [0.4, 0.5) is 0 Å². The van der Waals surface area contributed by atoms with Crippen LogP contribution in [0.3, 0.4) is 0 Å². The Bertz CT molecular complexity index is 241. The molecule has 0 heterocycles. The highest BCUT2D eigenvalue weighted by Crippen LogP contribution is 2.09. The van der Waals surface area contributed by atoms with Crippen LogP contribution in [0, 0.1) is 5.92 Å². The fourth-order valence-electron chi connectivity index (χ4n) is 0.868. The third kappa shape index (κ3) is 6.23. The van der Waals surface area contributed by atoms with Crippen LogP contribution in [0.5, 0.6) is 0 Å². The van der Waals surface area contributed by atoms with E-state index in [0.717, 1.165) is 0 Å². The van der Waals surface area contributed by atoms with E-state index in [2.05, 4.69) is 0 Å². The topological polar surface area (TPSA) is 69.4 Å². The number of carbonyl (C=O) groups is 2. The molecule has 4 nitrogen and oxygen atoms in total. The fraction of sp³-hybridized carbons (Fsp3) is 0.818. The van der Waals surface area contributed by atoms with Crippen LogP contribution in [-0.4, -0.2) is 23.4 Å². The molecule has 0 aliphatic heterocycles. The van der Waals surface area contributed by atoms with Crippen LogP contribution in [0.2, 0.25) is 0 Å². The van der Waals surface area contributed by atoms with Crippen molar-refractivity contribution in [2.24, 2.45) is 11.7 Å². The zero-order valence-corrected chi connectivity index (χ0v) is 10.2. The Morgan fingerprint density at radius 3 is 2.07 bits per heavy atom. The molecular weight excluding hydrogens is 194 g/mol. The Balaban J connectivity index is 4.18. The number of carbonyl (C=O) groups excluding carboxylic acids is 2. The highest BCUT2D eigenvalue weighted by molar-refractivity contribution is 6.33. The zero-order valence-electron chi connectivity index (χ0n) is 10.2. The first-order valence-electron chi connectivity index (χ1n) is 5.15. The molecule has 0 rings (SSSR count). The Kier molecular flexibility index (Phi) is 4.94. The zero-order chi connectivity index (χ0) is 12.2. The van der Waals surface area contributed by atoms with Gasteiger partial charge in [0.1, 0.15) is 5.60 Å². The van der Waals surface area contributed by atoms with Gasteiger partial charge in [-0.15, -0.1) is 0 Å². The smallest absolute Gasteiger partial charge is 0.375 e. The molecule has 88 valence electrons. The summed E-state index contributed by atoms with van der Waals surface area (Å²) in [6, 6.07) is -0.287. The molecule has 0 fully saturated rings. The lowest BCUT2D eigenvalue weighted by atomic mass is 10.00. The first kappa shape index (κ1) is 14.1. The molecule has 2 N–H and O–H groups in total. The van der Waals surface area contributed by atoms with Crippen LogP contribution >= 0.6 is 0 Å². The molecule has 0 amide bonds. The van der Waals surface area contributed by atoms with Gasteiger partial charge in [0.2, 0.25) is 5.78 Å². The Morgan fingerprint density at radius 2 is 1.73 bits per heavy atom. The SMILES string of the molecule is CC(C)C(N)CC(=O)C(=O)OC(C)(C)C. The van der Waals surface area contributed by atoms with Crippen molar-refractivity contribution in [2.45, 2.75) is 52.7 Å². The van der Waals surface area contributed by atoms with E-state index < -0.39 is 17.4 Å². The second-order valence-electron chi connectivity index (χ2n) is 5.04. The lowest BCUT2D eigenvalue weighted by molar-refractivity contribution is -0.162. The number of esters is 1. The average molecular weight is 215 g/mol. The molecule has 4 heteroatoms. The van der Waals surface area contributed by atoms with Crippen LogP contribution in [-0.2, 0) is 14.3 Å². The van der Waals surface area contributed by atoms with Crippen LogP contribution < -0.4 is 5.73 Å². The van der Waals surface area contributed by atoms with Crippen LogP contribution in [0.1, 0.15) is 41.0 Å². The number of Topliss-reactive ketones (excluding diaryl/α,β-unsaturated/α-hetero) is 1. The number of nitrogens with two attached hydrogens (primary N) is 1. The summed E-state index contributed by atoms with van der Waals surface area (Å²) in [6.07, 6.45) is 0.0482. The van der Waals surface area contributed by atoms with E-state index in [1.165, 1.54) is 0 Å². The minimum absolute atomic E-state index is 0.0482. The second-order valence-corrected chi connectivity index (χ2v) is 5.04. The van der Waals surface area contributed by atoms with Gasteiger partial charge >= 0.3 is 5.97 Å². The highest BCUT2D eigenvalue weighted by atomic mass is 16.6. The lowest BCUT2D eigenvalue weighted by Gasteiger charge is -2.20. The number of ether oxygens (including phenoxy) is 1. The predicted octanol–water partition coefficient (Wildman–Crippen LogP) is 1.27. The monoisotopic (exact) mass is 215 g/mol. The number of hydrogen-bond acceptors (Lipinski definition) is 4. The molecule has 0 aromatic rings. The van der Waals surface area contributed by atoms with Gasteiger partial charge in [-0.3, -0.25) is 4.79 Å². The van der Waals surface area contributed by atoms with Gasteiger partial charge in [0.05, 0.1) is 0 Å². The van der Waals surface area contributed by atoms with Crippen molar-refractivity contribution >= 4 is 11.8 Å². The van der Waals surface area contributed by atoms with E-state index in [1.54, 1.807) is 20.8 Å². The summed E-state index contributed by atoms with van der Waals surface area (Å²) in [5.41, 5.74) is 5.06. The third-order valence-electron chi connectivity index (χ3n) is 1.90. The van der Waals surface area contributed by atoms with Gasteiger partial charge in [-0.1, -0.05) is 13.8 Å². The minimum atomic E-state index is -0.793. The highest BCUT2D eigenvalue weighted by Gasteiger charge is 2.24. The molecule has 0 saturated heterocycles. The molecule has 15 heavy (non-hydrogen) atoms. The predicted molar refractivity (Wildman–Crippen MR) is 58.3 cm³/mol. The van der Waals surface area contributed by atoms with Crippen molar-refractivity contribution in [3.05, 3.63) is 0 Å². The Morgan fingerprint density at radius 1 is 1.27 bits per heavy atom. The van der Waals surface area contributed by atoms with Gasteiger partial charge in [0.25, 0.3) is 0 Å². The summed E-state index contributed by atoms with van der Waals surface area (Å²) >= 11 is 0.